The number of carbonyl (C=O) groups is 1. The topological polar surface area (TPSA) is 173 Å². The zero-order chi connectivity index (χ0) is 27.7. The second-order valence-electron chi connectivity index (χ2n) is 9.40. The van der Waals surface area contributed by atoms with Crippen molar-refractivity contribution in [3.63, 3.8) is 0 Å². The third-order valence-electron chi connectivity index (χ3n) is 5.62. The minimum atomic E-state index is -4.17. The maximum Gasteiger partial charge on any atom is 0.459 e. The molecule has 5 atom stereocenters. The highest BCUT2D eigenvalue weighted by Crippen LogP contribution is 2.47. The molecule has 206 valence electrons. The molecule has 1 aliphatic heterocycles. The summed E-state index contributed by atoms with van der Waals surface area (Å²) in [6.45, 7) is 5.81. The first-order valence-electron chi connectivity index (χ1n) is 11.9. The van der Waals surface area contributed by atoms with Gasteiger partial charge in [-0.05, 0) is 39.8 Å². The Kier molecular flexibility index (Phi) is 7.88. The van der Waals surface area contributed by atoms with E-state index in [1.165, 1.54) is 24.7 Å². The van der Waals surface area contributed by atoms with E-state index in [9.17, 15) is 14.2 Å². The van der Waals surface area contributed by atoms with Crippen molar-refractivity contribution in [1.82, 2.24) is 24.6 Å². The molecular formula is C23H30FN6O7P. The summed E-state index contributed by atoms with van der Waals surface area (Å²) in [5.41, 5.74) is 3.17. The van der Waals surface area contributed by atoms with Gasteiger partial charge in [0.15, 0.2) is 23.1 Å². The third-order valence-corrected chi connectivity index (χ3v) is 7.27. The number of hydrogen-bond donors (Lipinski definition) is 3. The molecule has 0 spiro atoms. The number of fused-ring (bicyclic) bond motifs is 1. The number of imidazole rings is 1. The van der Waals surface area contributed by atoms with Crippen molar-refractivity contribution in [1.29, 1.82) is 0 Å². The van der Waals surface area contributed by atoms with Crippen LogP contribution in [0.4, 0.5) is 10.3 Å². The number of aromatic nitrogens is 4. The predicted molar refractivity (Wildman–Crippen MR) is 135 cm³/mol. The van der Waals surface area contributed by atoms with Crippen molar-refractivity contribution in [2.45, 2.75) is 64.3 Å². The molecule has 15 heteroatoms. The molecule has 0 saturated carbocycles. The average Bonchev–Trinajstić information content (AvgIpc) is 3.37. The van der Waals surface area contributed by atoms with Crippen LogP contribution < -0.4 is 20.9 Å². The SMILES string of the molecule is CC(C)OC(=O)[C@@H](C)N[P@](=O)(OC[C@@H]1C[C@@](C)(F)[C@H](n2cnc3c(=O)[nH]c(N)nc32)O1)Oc1ccccc1. The summed E-state index contributed by atoms with van der Waals surface area (Å²) < 4.78 is 52.9. The van der Waals surface area contributed by atoms with Crippen LogP contribution in [0, 0.1) is 0 Å². The van der Waals surface area contributed by atoms with Crippen LogP contribution >= 0.6 is 7.75 Å². The van der Waals surface area contributed by atoms with Crippen molar-refractivity contribution in [3.8, 4) is 5.75 Å². The van der Waals surface area contributed by atoms with Gasteiger partial charge in [-0.3, -0.25) is 23.7 Å². The highest BCUT2D eigenvalue weighted by molar-refractivity contribution is 7.52. The Bertz CT molecular complexity index is 1400. The van der Waals surface area contributed by atoms with E-state index in [4.69, 9.17) is 24.3 Å². The molecule has 4 N–H and O–H groups in total. The number of nitrogens with two attached hydrogens (primary N) is 1. The van der Waals surface area contributed by atoms with E-state index < -0.39 is 43.3 Å². The normalized spacial score (nSPS) is 23.8. The molecule has 4 rings (SSSR count). The first-order valence-corrected chi connectivity index (χ1v) is 13.5. The zero-order valence-corrected chi connectivity index (χ0v) is 22.2. The lowest BCUT2D eigenvalue weighted by Crippen LogP contribution is -2.36. The molecule has 1 saturated heterocycles. The van der Waals surface area contributed by atoms with Crippen molar-refractivity contribution in [2.24, 2.45) is 0 Å². The molecule has 0 unspecified atom stereocenters. The Morgan fingerprint density at radius 3 is 2.76 bits per heavy atom. The number of ether oxygens (including phenoxy) is 2. The molecule has 0 amide bonds. The standard InChI is InChI=1S/C23H30FN6O7P/c1-13(2)35-20(32)14(3)29-38(33,37-15-8-6-5-7-9-15)34-11-16-10-23(4,24)21(36-16)30-12-26-17-18(30)27-22(25)28-19(17)31/h5-9,12-14,16,21H,10-11H2,1-4H3,(H,29,33)(H3,25,27,28,31)/t14-,16+,21-,23-,38+/m1/s1. The number of nitrogens with one attached hydrogen (secondary N) is 2. The van der Waals surface area contributed by atoms with Crippen LogP contribution in [0.1, 0.15) is 40.3 Å². The van der Waals surface area contributed by atoms with Gasteiger partial charge in [0.25, 0.3) is 5.56 Å². The van der Waals surface area contributed by atoms with Crippen LogP contribution in [-0.2, 0) is 23.4 Å². The number of alkyl halides is 1. The van der Waals surface area contributed by atoms with Crippen LogP contribution in [0.5, 0.6) is 5.75 Å². The van der Waals surface area contributed by atoms with Gasteiger partial charge in [0.2, 0.25) is 5.95 Å². The summed E-state index contributed by atoms with van der Waals surface area (Å²) in [5.74, 6) is -0.576. The van der Waals surface area contributed by atoms with E-state index >= 15 is 4.39 Å². The van der Waals surface area contributed by atoms with E-state index in [-0.39, 0.29) is 42.0 Å². The summed E-state index contributed by atoms with van der Waals surface area (Å²) >= 11 is 0. The number of nitrogen functional groups attached to an aromatic ring is 1. The Balaban J connectivity index is 1.52. The third kappa shape index (κ3) is 6.21. The molecule has 38 heavy (non-hydrogen) atoms. The number of H-pyrrole nitrogens is 1. The molecule has 1 fully saturated rings. The van der Waals surface area contributed by atoms with Crippen molar-refractivity contribution < 1.29 is 32.3 Å². The van der Waals surface area contributed by atoms with Gasteiger partial charge < -0.3 is 19.7 Å². The largest absolute Gasteiger partial charge is 0.462 e. The van der Waals surface area contributed by atoms with Crippen molar-refractivity contribution in [2.75, 3.05) is 12.3 Å². The van der Waals surface area contributed by atoms with Crippen LogP contribution in [0.15, 0.2) is 41.5 Å². The zero-order valence-electron chi connectivity index (χ0n) is 21.3. The first kappa shape index (κ1) is 27.7. The van der Waals surface area contributed by atoms with E-state index in [1.54, 1.807) is 44.2 Å². The Labute approximate surface area is 217 Å². The first-order chi connectivity index (χ1) is 17.9. The summed E-state index contributed by atoms with van der Waals surface area (Å²) in [6, 6.07) is 7.20. The number of rotatable bonds is 10. The molecule has 13 nitrogen and oxygen atoms in total. The number of halogens is 1. The molecule has 3 heterocycles. The van der Waals surface area contributed by atoms with Crippen molar-refractivity contribution >= 4 is 30.8 Å². The maximum absolute atomic E-state index is 15.7. The lowest BCUT2D eigenvalue weighted by Gasteiger charge is -2.24. The van der Waals surface area contributed by atoms with Gasteiger partial charge in [-0.25, -0.2) is 13.9 Å². The number of anilines is 1. The lowest BCUT2D eigenvalue weighted by molar-refractivity contribution is -0.149. The Morgan fingerprint density at radius 1 is 1.37 bits per heavy atom. The van der Waals surface area contributed by atoms with Gasteiger partial charge in [-0.2, -0.15) is 10.1 Å². The minimum Gasteiger partial charge on any atom is -0.462 e. The molecule has 1 aromatic carbocycles. The second kappa shape index (κ2) is 10.8. The average molecular weight is 553 g/mol. The smallest absolute Gasteiger partial charge is 0.459 e. The summed E-state index contributed by atoms with van der Waals surface area (Å²) in [4.78, 5) is 34.8. The number of benzene rings is 1. The molecule has 3 aromatic rings. The van der Waals surface area contributed by atoms with Gasteiger partial charge >= 0.3 is 13.7 Å². The number of para-hydroxylation sites is 1. The fourth-order valence-electron chi connectivity index (χ4n) is 4.00. The fraction of sp³-hybridized carbons (Fsp3) is 0.478. The van der Waals surface area contributed by atoms with Crippen LogP contribution in [-0.4, -0.2) is 56.0 Å². The van der Waals surface area contributed by atoms with Crippen molar-refractivity contribution in [3.05, 3.63) is 47.0 Å². The number of hydrogen-bond acceptors (Lipinski definition) is 10. The Hall–Kier alpha value is -3.32. The summed E-state index contributed by atoms with van der Waals surface area (Å²) in [7, 11) is -4.17. The van der Waals surface area contributed by atoms with Crippen LogP contribution in [0.3, 0.4) is 0 Å². The van der Waals surface area contributed by atoms with Gasteiger partial charge in [0.1, 0.15) is 11.8 Å². The molecule has 1 aliphatic rings. The highest BCUT2D eigenvalue weighted by Gasteiger charge is 2.48. The van der Waals surface area contributed by atoms with Crippen LogP contribution in [0.25, 0.3) is 11.2 Å². The number of esters is 1. The van der Waals surface area contributed by atoms with E-state index in [0.29, 0.717) is 0 Å². The fourth-order valence-corrected chi connectivity index (χ4v) is 5.52. The van der Waals surface area contributed by atoms with E-state index in [1.807, 2.05) is 0 Å². The van der Waals surface area contributed by atoms with Crippen LogP contribution in [0.2, 0.25) is 0 Å². The quantitative estimate of drug-likeness (QED) is 0.249. The Morgan fingerprint density at radius 2 is 2.08 bits per heavy atom. The maximum atomic E-state index is 15.7. The van der Waals surface area contributed by atoms with Gasteiger partial charge in [0, 0.05) is 6.42 Å². The van der Waals surface area contributed by atoms with Gasteiger partial charge in [-0.1, -0.05) is 18.2 Å². The predicted octanol–water partition coefficient (Wildman–Crippen LogP) is 2.85. The summed E-state index contributed by atoms with van der Waals surface area (Å²) in [5, 5.41) is 2.58. The molecule has 2 aromatic heterocycles. The minimum absolute atomic E-state index is 0.0227. The van der Waals surface area contributed by atoms with Gasteiger partial charge in [-0.15, -0.1) is 0 Å². The molecular weight excluding hydrogens is 522 g/mol. The van der Waals surface area contributed by atoms with E-state index in [0.717, 1.165) is 0 Å². The monoisotopic (exact) mass is 552 g/mol. The van der Waals surface area contributed by atoms with E-state index in [2.05, 4.69) is 20.0 Å². The highest BCUT2D eigenvalue weighted by atomic mass is 31.2. The second-order valence-corrected chi connectivity index (χ2v) is 11.1. The lowest BCUT2D eigenvalue weighted by atomic mass is 10.0. The molecule has 0 bridgehead atoms. The summed E-state index contributed by atoms with van der Waals surface area (Å²) in [6.07, 6.45) is -1.39. The number of nitrogens with zero attached hydrogens (tertiary/aromatic N) is 3. The molecule has 0 aliphatic carbocycles. The number of carbonyl (C=O) groups excluding carboxylic acids is 1. The van der Waals surface area contributed by atoms with Gasteiger partial charge in [0.05, 0.1) is 25.1 Å². The number of aromatic amines is 1. The molecule has 0 radical (unpaired) electrons.